The summed E-state index contributed by atoms with van der Waals surface area (Å²) < 4.78 is 5.32. The van der Waals surface area contributed by atoms with E-state index in [9.17, 15) is 9.59 Å². The summed E-state index contributed by atoms with van der Waals surface area (Å²) in [6.07, 6.45) is 0. The Morgan fingerprint density at radius 1 is 0.844 bits per heavy atom. The Hall–Kier alpha value is -3.86. The van der Waals surface area contributed by atoms with Crippen molar-refractivity contribution in [3.63, 3.8) is 0 Å². The molecule has 162 valence electrons. The van der Waals surface area contributed by atoms with E-state index in [0.717, 1.165) is 22.4 Å². The van der Waals surface area contributed by atoms with Crippen molar-refractivity contribution in [1.82, 2.24) is 0 Å². The number of carbonyl (C=O) groups excluding carboxylic acids is 2. The molecule has 3 aromatic rings. The van der Waals surface area contributed by atoms with E-state index < -0.39 is 0 Å². The van der Waals surface area contributed by atoms with Crippen molar-refractivity contribution >= 4 is 28.8 Å². The number of amides is 2. The SMILES string of the molecule is CCN(C1=C(c2ccc(C)c(C)c2)C(=O)N(c2cccc(OC)c2)C1=O)c1ccccc1. The minimum Gasteiger partial charge on any atom is -0.497 e. The molecule has 1 heterocycles. The molecule has 0 fully saturated rings. The highest BCUT2D eigenvalue weighted by Crippen LogP contribution is 2.37. The second-order valence-electron chi connectivity index (χ2n) is 7.75. The zero-order valence-electron chi connectivity index (χ0n) is 18.8. The molecule has 4 rings (SSSR count). The highest BCUT2D eigenvalue weighted by molar-refractivity contribution is 6.46. The molecule has 0 unspecified atom stereocenters. The van der Waals surface area contributed by atoms with Crippen molar-refractivity contribution < 1.29 is 14.3 Å². The Balaban J connectivity index is 1.92. The first-order valence-corrected chi connectivity index (χ1v) is 10.6. The van der Waals surface area contributed by atoms with Gasteiger partial charge in [0.05, 0.1) is 18.4 Å². The minimum absolute atomic E-state index is 0.337. The molecule has 0 atom stereocenters. The third-order valence-electron chi connectivity index (χ3n) is 5.82. The lowest BCUT2D eigenvalue weighted by atomic mass is 9.99. The van der Waals surface area contributed by atoms with Crippen molar-refractivity contribution in [2.75, 3.05) is 23.5 Å². The van der Waals surface area contributed by atoms with Crippen molar-refractivity contribution in [2.24, 2.45) is 0 Å². The number of anilines is 2. The monoisotopic (exact) mass is 426 g/mol. The van der Waals surface area contributed by atoms with Crippen molar-refractivity contribution in [3.05, 3.63) is 95.2 Å². The molecule has 0 bridgehead atoms. The van der Waals surface area contributed by atoms with Crippen molar-refractivity contribution in [3.8, 4) is 5.75 Å². The molecule has 5 nitrogen and oxygen atoms in total. The van der Waals surface area contributed by atoms with Gasteiger partial charge >= 0.3 is 0 Å². The molecule has 1 aliphatic rings. The predicted molar refractivity (Wildman–Crippen MR) is 128 cm³/mol. The number of likely N-dealkylation sites (N-methyl/N-ethyl adjacent to an activating group) is 1. The molecule has 0 spiro atoms. The number of rotatable bonds is 6. The first-order chi connectivity index (χ1) is 15.5. The van der Waals surface area contributed by atoms with Gasteiger partial charge in [-0.25, -0.2) is 4.90 Å². The summed E-state index contributed by atoms with van der Waals surface area (Å²) in [7, 11) is 1.56. The summed E-state index contributed by atoms with van der Waals surface area (Å²) in [5.74, 6) is -0.0993. The summed E-state index contributed by atoms with van der Waals surface area (Å²) in [4.78, 5) is 30.7. The molecule has 32 heavy (non-hydrogen) atoms. The standard InChI is InChI=1S/C27H26N2O3/c1-5-28(21-10-7-6-8-11-21)25-24(20-15-14-18(2)19(3)16-20)26(30)29(27(25)31)22-12-9-13-23(17-22)32-4/h6-17H,5H2,1-4H3. The number of imide groups is 1. The van der Waals surface area contributed by atoms with Crippen LogP contribution in [0.1, 0.15) is 23.6 Å². The fraction of sp³-hybridized carbons (Fsp3) is 0.185. The summed E-state index contributed by atoms with van der Waals surface area (Å²) >= 11 is 0. The third-order valence-corrected chi connectivity index (χ3v) is 5.82. The van der Waals surface area contributed by atoms with Gasteiger partial charge in [0, 0.05) is 18.3 Å². The number of methoxy groups -OCH3 is 1. The van der Waals surface area contributed by atoms with E-state index in [4.69, 9.17) is 4.74 Å². The summed E-state index contributed by atoms with van der Waals surface area (Å²) in [6, 6.07) is 22.6. The zero-order valence-corrected chi connectivity index (χ0v) is 18.8. The quantitative estimate of drug-likeness (QED) is 0.513. The van der Waals surface area contributed by atoms with E-state index >= 15 is 0 Å². The number of hydrogen-bond donors (Lipinski definition) is 0. The third kappa shape index (κ3) is 3.66. The summed E-state index contributed by atoms with van der Waals surface area (Å²) in [5.41, 5.74) is 5.08. The van der Waals surface area contributed by atoms with Gasteiger partial charge in [0.25, 0.3) is 11.8 Å². The van der Waals surface area contributed by atoms with E-state index in [2.05, 4.69) is 0 Å². The average molecular weight is 427 g/mol. The first-order valence-electron chi connectivity index (χ1n) is 10.6. The van der Waals surface area contributed by atoms with Crippen LogP contribution in [0.3, 0.4) is 0 Å². The van der Waals surface area contributed by atoms with Gasteiger partial charge in [-0.1, -0.05) is 42.5 Å². The van der Waals surface area contributed by atoms with Gasteiger partial charge in [-0.2, -0.15) is 0 Å². The molecule has 2 amide bonds. The van der Waals surface area contributed by atoms with Gasteiger partial charge in [0.15, 0.2) is 0 Å². The summed E-state index contributed by atoms with van der Waals surface area (Å²) in [5, 5.41) is 0. The van der Waals surface area contributed by atoms with Crippen LogP contribution < -0.4 is 14.5 Å². The number of nitrogens with zero attached hydrogens (tertiary/aromatic N) is 2. The van der Waals surface area contributed by atoms with E-state index in [0.29, 0.717) is 29.3 Å². The predicted octanol–water partition coefficient (Wildman–Crippen LogP) is 5.12. The number of para-hydroxylation sites is 1. The molecule has 0 aliphatic carbocycles. The molecule has 3 aromatic carbocycles. The second kappa shape index (κ2) is 8.71. The number of ether oxygens (including phenoxy) is 1. The van der Waals surface area contributed by atoms with Crippen LogP contribution in [0, 0.1) is 13.8 Å². The molecule has 0 N–H and O–H groups in total. The highest BCUT2D eigenvalue weighted by Gasteiger charge is 2.42. The average Bonchev–Trinajstić information content (AvgIpc) is 3.07. The molecular weight excluding hydrogens is 400 g/mol. The van der Waals surface area contributed by atoms with Crippen molar-refractivity contribution in [1.29, 1.82) is 0 Å². The van der Waals surface area contributed by atoms with Gasteiger partial charge in [0.2, 0.25) is 0 Å². The van der Waals surface area contributed by atoms with Crippen LogP contribution in [0.2, 0.25) is 0 Å². The normalized spacial score (nSPS) is 13.7. The van der Waals surface area contributed by atoms with Crippen LogP contribution in [0.15, 0.2) is 78.5 Å². The van der Waals surface area contributed by atoms with E-state index in [1.54, 1.807) is 31.4 Å². The largest absolute Gasteiger partial charge is 0.497 e. The Kier molecular flexibility index (Phi) is 5.82. The molecule has 0 saturated heterocycles. The Labute approximate surface area is 188 Å². The zero-order chi connectivity index (χ0) is 22.8. The lowest BCUT2D eigenvalue weighted by Crippen LogP contribution is -2.35. The number of carbonyl (C=O) groups is 2. The van der Waals surface area contributed by atoms with Crippen LogP contribution in [0.4, 0.5) is 11.4 Å². The van der Waals surface area contributed by atoms with Gasteiger partial charge in [-0.3, -0.25) is 9.59 Å². The fourth-order valence-corrected chi connectivity index (χ4v) is 3.99. The molecule has 1 aliphatic heterocycles. The van der Waals surface area contributed by atoms with Crippen LogP contribution in [-0.4, -0.2) is 25.5 Å². The maximum Gasteiger partial charge on any atom is 0.282 e. The molecule has 5 heteroatoms. The van der Waals surface area contributed by atoms with E-state index in [-0.39, 0.29) is 11.8 Å². The Morgan fingerprint density at radius 3 is 2.25 bits per heavy atom. The van der Waals surface area contributed by atoms with Crippen LogP contribution >= 0.6 is 0 Å². The second-order valence-corrected chi connectivity index (χ2v) is 7.75. The van der Waals surface area contributed by atoms with Crippen molar-refractivity contribution in [2.45, 2.75) is 20.8 Å². The highest BCUT2D eigenvalue weighted by atomic mass is 16.5. The van der Waals surface area contributed by atoms with Gasteiger partial charge in [-0.05, 0) is 61.7 Å². The molecule has 0 saturated carbocycles. The first kappa shape index (κ1) is 21.4. The van der Waals surface area contributed by atoms with Gasteiger partial charge in [0.1, 0.15) is 11.4 Å². The minimum atomic E-state index is -0.345. The number of benzene rings is 3. The molecule has 0 radical (unpaired) electrons. The Bertz CT molecular complexity index is 1210. The molecular formula is C27H26N2O3. The summed E-state index contributed by atoms with van der Waals surface area (Å²) in [6.45, 7) is 6.55. The van der Waals surface area contributed by atoms with E-state index in [1.165, 1.54) is 4.90 Å². The van der Waals surface area contributed by atoms with Crippen LogP contribution in [0.5, 0.6) is 5.75 Å². The van der Waals surface area contributed by atoms with Crippen LogP contribution in [0.25, 0.3) is 5.57 Å². The smallest absolute Gasteiger partial charge is 0.282 e. The topological polar surface area (TPSA) is 49.9 Å². The maximum atomic E-state index is 13.8. The van der Waals surface area contributed by atoms with Crippen LogP contribution in [-0.2, 0) is 9.59 Å². The number of hydrogen-bond acceptors (Lipinski definition) is 4. The lowest BCUT2D eigenvalue weighted by Gasteiger charge is -2.25. The maximum absolute atomic E-state index is 13.8. The lowest BCUT2D eigenvalue weighted by molar-refractivity contribution is -0.120. The van der Waals surface area contributed by atoms with E-state index in [1.807, 2.05) is 74.2 Å². The fourth-order valence-electron chi connectivity index (χ4n) is 3.99. The Morgan fingerprint density at radius 2 is 1.59 bits per heavy atom. The van der Waals surface area contributed by atoms with Gasteiger partial charge < -0.3 is 9.64 Å². The van der Waals surface area contributed by atoms with Gasteiger partial charge in [-0.15, -0.1) is 0 Å². The molecule has 0 aromatic heterocycles. The number of aryl methyl sites for hydroxylation is 2.